The maximum Gasteiger partial charge on any atom is 0.136 e. The van der Waals surface area contributed by atoms with Crippen LogP contribution in [0.4, 0.5) is 34.1 Å². The van der Waals surface area contributed by atoms with Gasteiger partial charge in [-0.05, 0) is 276 Å². The van der Waals surface area contributed by atoms with Gasteiger partial charge in [0.05, 0.1) is 22.2 Å². The molecule has 28 rings (SSSR count). The Labute approximate surface area is 766 Å². The molecular formula is C124H80N2OS3. The Balaban J connectivity index is 0.612. The van der Waals surface area contributed by atoms with E-state index in [0.29, 0.717) is 0 Å². The van der Waals surface area contributed by atoms with Gasteiger partial charge < -0.3 is 14.2 Å². The highest BCUT2D eigenvalue weighted by Gasteiger charge is 2.53. The van der Waals surface area contributed by atoms with Gasteiger partial charge in [-0.2, -0.15) is 0 Å². The number of para-hydroxylation sites is 1. The van der Waals surface area contributed by atoms with Crippen LogP contribution >= 0.6 is 34.9 Å². The van der Waals surface area contributed by atoms with Crippen molar-refractivity contribution in [2.24, 2.45) is 0 Å². The van der Waals surface area contributed by atoms with Crippen LogP contribution < -0.4 is 9.80 Å². The number of hydrogen-bond donors (Lipinski definition) is 0. The number of furan rings is 1. The average molecular weight is 1710 g/mol. The summed E-state index contributed by atoms with van der Waals surface area (Å²) in [6, 6.07) is 158. The van der Waals surface area contributed by atoms with Crippen molar-refractivity contribution < 1.29 is 4.42 Å². The van der Waals surface area contributed by atoms with E-state index in [9.17, 15) is 0 Å². The van der Waals surface area contributed by atoms with Crippen LogP contribution in [-0.4, -0.2) is 0 Å². The number of rotatable bonds is 9. The van der Waals surface area contributed by atoms with Gasteiger partial charge in [-0.15, -0.1) is 11.3 Å². The second-order valence-corrected chi connectivity index (χ2v) is 40.3. The monoisotopic (exact) mass is 1710 g/mol. The van der Waals surface area contributed by atoms with Gasteiger partial charge in [0.15, 0.2) is 0 Å². The summed E-state index contributed by atoms with van der Waals surface area (Å²) in [5.41, 5.74) is 39.6. The van der Waals surface area contributed by atoms with Crippen molar-refractivity contribution in [2.45, 2.75) is 68.9 Å². The molecule has 22 aromatic rings. The fraction of sp³-hybridized carbons (Fsp3) is 0.0645. The van der Waals surface area contributed by atoms with Gasteiger partial charge in [0.1, 0.15) is 11.2 Å². The molecule has 2 aromatic heterocycles. The lowest BCUT2D eigenvalue weighted by molar-refractivity contribution is 0.660. The summed E-state index contributed by atoms with van der Waals surface area (Å²) in [4.78, 5) is 10.3. The van der Waals surface area contributed by atoms with Gasteiger partial charge in [0, 0.05) is 95.2 Å². The predicted molar refractivity (Wildman–Crippen MR) is 545 cm³/mol. The predicted octanol–water partition coefficient (Wildman–Crippen LogP) is 34.5. The molecular weight excluding hydrogens is 1630 g/mol. The number of hydrogen-bond acceptors (Lipinski definition) is 6. The van der Waals surface area contributed by atoms with Gasteiger partial charge in [0.25, 0.3) is 0 Å². The third-order valence-electron chi connectivity index (χ3n) is 29.9. The first-order valence-electron chi connectivity index (χ1n) is 45.2. The number of nitrogens with zero attached hydrogens (tertiary/aromatic N) is 2. The molecule has 3 nitrogen and oxygen atoms in total. The van der Waals surface area contributed by atoms with Gasteiger partial charge in [0.2, 0.25) is 0 Å². The average Bonchev–Trinajstić information content (AvgIpc) is 1.51. The maximum absolute atomic E-state index is 6.77. The third kappa shape index (κ3) is 10.2. The van der Waals surface area contributed by atoms with E-state index in [1.165, 1.54) is 189 Å². The summed E-state index contributed by atoms with van der Waals surface area (Å²) in [7, 11) is 0. The van der Waals surface area contributed by atoms with E-state index in [2.05, 4.69) is 450 Å². The van der Waals surface area contributed by atoms with E-state index in [0.717, 1.165) is 72.6 Å². The minimum Gasteiger partial charge on any atom is -0.456 e. The topological polar surface area (TPSA) is 19.6 Å². The van der Waals surface area contributed by atoms with Gasteiger partial charge in [-0.3, -0.25) is 0 Å². The van der Waals surface area contributed by atoms with Crippen molar-refractivity contribution in [3.63, 3.8) is 0 Å². The Morgan fingerprint density at radius 1 is 0.223 bits per heavy atom. The summed E-state index contributed by atoms with van der Waals surface area (Å²) >= 11 is 5.71. The van der Waals surface area contributed by atoms with Crippen LogP contribution in [0.5, 0.6) is 0 Å². The smallest absolute Gasteiger partial charge is 0.136 e. The molecule has 610 valence electrons. The standard InChI is InChI=1S/C124H80N2OS3/c1-121(2)97-42-15-9-32-83(97)89-60-55-78(69-105(89)121)126(81-58-63-116-108(72-81)124(103-48-21-24-52-114(103)129-116)100-45-18-12-35-86(100)87-36-13-19-46-101(87)124)110-68-76-31-8-6-29-74(76)65-96(110)92-40-27-53-117-119(92)94-41-25-38-82(120(94)130-117)77-54-59-88-90-61-56-79(70-106(90)122(3,4)104(88)66-77)125(109-67-75-30-7-5-28-73(75)64-95(109)91-39-26-50-112-118(91)93-37-14-22-49-111(93)127-112)80-57-62-115-107(71-80)123(102-47-20-23-51-113(102)128-115)98-43-16-10-33-84(98)85-34-11-17-44-99(85)123/h5-72H,1-4H3. The molecule has 6 aliphatic rings. The molecule has 2 spiro atoms. The van der Waals surface area contributed by atoms with Crippen LogP contribution in [-0.2, 0) is 21.7 Å². The Morgan fingerprint density at radius 2 is 0.569 bits per heavy atom. The molecule has 0 unspecified atom stereocenters. The Morgan fingerprint density at radius 3 is 1.09 bits per heavy atom. The molecule has 0 radical (unpaired) electrons. The molecule has 0 fully saturated rings. The summed E-state index contributed by atoms with van der Waals surface area (Å²) in [5, 5.41) is 9.41. The number of benzene rings is 20. The van der Waals surface area contributed by atoms with E-state index >= 15 is 0 Å². The van der Waals surface area contributed by atoms with Gasteiger partial charge in [-0.1, -0.05) is 342 Å². The lowest BCUT2D eigenvalue weighted by atomic mass is 9.67. The maximum atomic E-state index is 6.77. The zero-order valence-corrected chi connectivity index (χ0v) is 74.2. The zero-order valence-electron chi connectivity index (χ0n) is 71.8. The van der Waals surface area contributed by atoms with Crippen LogP contribution in [0.15, 0.2) is 437 Å². The molecule has 0 saturated heterocycles. The van der Waals surface area contributed by atoms with Crippen molar-refractivity contribution in [2.75, 3.05) is 9.80 Å². The zero-order chi connectivity index (χ0) is 85.8. The molecule has 0 atom stereocenters. The first-order chi connectivity index (χ1) is 63.9. The quantitative estimate of drug-likeness (QED) is 0.143. The molecule has 0 bridgehead atoms. The van der Waals surface area contributed by atoms with E-state index in [4.69, 9.17) is 4.42 Å². The fourth-order valence-corrected chi connectivity index (χ4v) is 27.9. The first-order valence-corrected chi connectivity index (χ1v) is 47.7. The fourth-order valence-electron chi connectivity index (χ4n) is 24.2. The third-order valence-corrected chi connectivity index (χ3v) is 33.5. The van der Waals surface area contributed by atoms with Crippen LogP contribution in [0.3, 0.4) is 0 Å². The van der Waals surface area contributed by atoms with Crippen LogP contribution in [0.2, 0.25) is 0 Å². The molecule has 0 N–H and O–H groups in total. The van der Waals surface area contributed by atoms with Crippen molar-refractivity contribution in [3.05, 3.63) is 479 Å². The lowest BCUT2D eigenvalue weighted by Gasteiger charge is -2.40. The number of thiophene rings is 1. The molecule has 130 heavy (non-hydrogen) atoms. The molecule has 2 aliphatic heterocycles. The van der Waals surface area contributed by atoms with E-state index in [-0.39, 0.29) is 5.41 Å². The van der Waals surface area contributed by atoms with E-state index in [1.807, 2.05) is 34.9 Å². The summed E-state index contributed by atoms with van der Waals surface area (Å²) in [6.07, 6.45) is 0. The first kappa shape index (κ1) is 74.3. The summed E-state index contributed by atoms with van der Waals surface area (Å²) in [6.45, 7) is 9.74. The van der Waals surface area contributed by atoms with Crippen molar-refractivity contribution in [1.29, 1.82) is 0 Å². The Hall–Kier alpha value is -14.8. The van der Waals surface area contributed by atoms with E-state index in [1.54, 1.807) is 0 Å². The Kier molecular flexibility index (Phi) is 15.7. The summed E-state index contributed by atoms with van der Waals surface area (Å²) in [5.74, 6) is 0. The van der Waals surface area contributed by atoms with Crippen LogP contribution in [0, 0.1) is 0 Å². The molecule has 6 heteroatoms. The second-order valence-electron chi connectivity index (χ2n) is 37.1. The summed E-state index contributed by atoms with van der Waals surface area (Å²) < 4.78 is 9.29. The lowest BCUT2D eigenvalue weighted by Crippen LogP contribution is -2.32. The highest BCUT2D eigenvalue weighted by atomic mass is 32.2. The second kappa shape index (κ2) is 27.4. The molecule has 4 aliphatic carbocycles. The van der Waals surface area contributed by atoms with Gasteiger partial charge >= 0.3 is 0 Å². The normalized spacial score (nSPS) is 14.6. The molecule has 4 heterocycles. The number of anilines is 6. The minimum absolute atomic E-state index is 0.250. The van der Waals surface area contributed by atoms with Crippen LogP contribution in [0.1, 0.15) is 94.5 Å². The highest BCUT2D eigenvalue weighted by Crippen LogP contribution is 2.67. The van der Waals surface area contributed by atoms with Gasteiger partial charge in [-0.25, -0.2) is 0 Å². The van der Waals surface area contributed by atoms with Crippen molar-refractivity contribution in [1.82, 2.24) is 0 Å². The molecule has 0 saturated carbocycles. The molecule has 0 amide bonds. The number of fused-ring (bicyclic) bond motifs is 32. The molecule has 20 aromatic carbocycles. The Bertz CT molecular complexity index is 8660. The van der Waals surface area contributed by atoms with E-state index < -0.39 is 16.2 Å². The largest absolute Gasteiger partial charge is 0.456 e. The SMILES string of the molecule is CC1(C)c2cc(-c3cccc4c3sc3cccc(-c5cc6ccccc6cc5N(c5ccc6c(c5)C(C)(C)c5ccccc5-6)c5ccc6c(c5)C5(c7ccccc7S6)c6ccccc6-c6ccccc65)c34)ccc2-c2ccc(N(c3ccc4c(c3)C3(c5ccccc5S4)c4ccccc4-c4ccccc43)c3cc4ccccc4cc3-c3cccc4oc5ccccc5c34)cc21. The minimum atomic E-state index is -0.597. The highest BCUT2D eigenvalue weighted by molar-refractivity contribution is 7.99. The van der Waals surface area contributed by atoms with Crippen molar-refractivity contribution in [3.8, 4) is 77.9 Å². The van der Waals surface area contributed by atoms with Crippen LogP contribution in [0.25, 0.3) is 142 Å². The van der Waals surface area contributed by atoms with Crippen molar-refractivity contribution >= 4 is 133 Å².